The van der Waals surface area contributed by atoms with Gasteiger partial charge in [0.1, 0.15) is 0 Å². The van der Waals surface area contributed by atoms with Gasteiger partial charge in [-0.25, -0.2) is 0 Å². The van der Waals surface area contributed by atoms with E-state index in [4.69, 9.17) is 0 Å². The van der Waals surface area contributed by atoms with Gasteiger partial charge in [0.05, 0.1) is 0 Å². The highest BCUT2D eigenvalue weighted by Gasteiger charge is 2.63. The van der Waals surface area contributed by atoms with Crippen molar-refractivity contribution in [3.8, 4) is 0 Å². The van der Waals surface area contributed by atoms with Crippen molar-refractivity contribution in [1.29, 1.82) is 0 Å². The molecule has 0 aromatic heterocycles. The van der Waals surface area contributed by atoms with Crippen LogP contribution in [0.3, 0.4) is 0 Å². The zero-order valence-corrected chi connectivity index (χ0v) is 8.06. The Kier molecular flexibility index (Phi) is 1.56. The fraction of sp³-hybridized carbons (Fsp3) is 1.00. The molecule has 2 fully saturated rings. The molecule has 2 aliphatic rings. The van der Waals surface area contributed by atoms with Crippen molar-refractivity contribution in [2.24, 2.45) is 23.2 Å². The minimum absolute atomic E-state index is 0.801. The topological polar surface area (TPSA) is 0 Å². The first-order valence-corrected chi connectivity index (χ1v) is 5.20. The van der Waals surface area contributed by atoms with Crippen LogP contribution in [0.1, 0.15) is 46.5 Å². The summed E-state index contributed by atoms with van der Waals surface area (Å²) in [5.41, 5.74) is 0.801. The second-order valence-electron chi connectivity index (χ2n) is 4.92. The Labute approximate surface area is 70.4 Å². The minimum atomic E-state index is 0.801. The molecule has 0 nitrogen and oxygen atoms in total. The van der Waals surface area contributed by atoms with Crippen LogP contribution in [-0.4, -0.2) is 0 Å². The molecule has 0 spiro atoms. The highest BCUT2D eigenvalue weighted by molar-refractivity contribution is 5.12. The summed E-state index contributed by atoms with van der Waals surface area (Å²) in [5.74, 6) is 3.21. The number of hydrogen-bond acceptors (Lipinski definition) is 0. The van der Waals surface area contributed by atoms with Gasteiger partial charge in [-0.15, -0.1) is 0 Å². The molecular formula is C11H20. The van der Waals surface area contributed by atoms with Gasteiger partial charge in [-0.3, -0.25) is 0 Å². The Morgan fingerprint density at radius 2 is 2.27 bits per heavy atom. The molecule has 0 amide bonds. The molecule has 2 aliphatic carbocycles. The predicted octanol–water partition coefficient (Wildman–Crippen LogP) is 3.47. The molecule has 0 radical (unpaired) electrons. The third kappa shape index (κ3) is 0.878. The van der Waals surface area contributed by atoms with Gasteiger partial charge < -0.3 is 0 Å². The van der Waals surface area contributed by atoms with E-state index in [-0.39, 0.29) is 0 Å². The molecular weight excluding hydrogens is 132 g/mol. The maximum absolute atomic E-state index is 2.52. The van der Waals surface area contributed by atoms with Crippen molar-refractivity contribution in [1.82, 2.24) is 0 Å². The highest BCUT2D eigenvalue weighted by atomic mass is 14.7. The van der Waals surface area contributed by atoms with Crippen LogP contribution in [0.5, 0.6) is 0 Å². The Hall–Kier alpha value is 0. The van der Waals surface area contributed by atoms with E-state index in [9.17, 15) is 0 Å². The van der Waals surface area contributed by atoms with Gasteiger partial charge in [0.15, 0.2) is 0 Å². The number of fused-ring (bicyclic) bond motifs is 1. The summed E-state index contributed by atoms with van der Waals surface area (Å²) in [6.07, 6.45) is 5.95. The van der Waals surface area contributed by atoms with Gasteiger partial charge in [0, 0.05) is 0 Å². The molecule has 0 bridgehead atoms. The van der Waals surface area contributed by atoms with Crippen molar-refractivity contribution in [2.75, 3.05) is 0 Å². The molecule has 0 saturated heterocycles. The lowest BCUT2D eigenvalue weighted by Crippen LogP contribution is -2.04. The van der Waals surface area contributed by atoms with Crippen molar-refractivity contribution in [3.63, 3.8) is 0 Å². The lowest BCUT2D eigenvalue weighted by atomic mass is 9.92. The summed E-state index contributed by atoms with van der Waals surface area (Å²) in [5, 5.41) is 0. The van der Waals surface area contributed by atoms with E-state index in [1.54, 1.807) is 0 Å². The summed E-state index contributed by atoms with van der Waals surface area (Å²) in [4.78, 5) is 0. The van der Waals surface area contributed by atoms with E-state index in [0.717, 1.165) is 23.2 Å². The maximum Gasteiger partial charge on any atom is -0.0261 e. The van der Waals surface area contributed by atoms with Crippen molar-refractivity contribution in [2.45, 2.75) is 46.5 Å². The van der Waals surface area contributed by atoms with Crippen LogP contribution in [0.2, 0.25) is 0 Å². The Morgan fingerprint density at radius 1 is 1.55 bits per heavy atom. The first kappa shape index (κ1) is 7.64. The Bertz CT molecular complexity index is 161. The second kappa shape index (κ2) is 2.24. The van der Waals surface area contributed by atoms with Gasteiger partial charge in [0.25, 0.3) is 0 Å². The molecule has 2 saturated carbocycles. The van der Waals surface area contributed by atoms with Crippen LogP contribution >= 0.6 is 0 Å². The monoisotopic (exact) mass is 152 g/mol. The number of hydrogen-bond donors (Lipinski definition) is 0. The first-order chi connectivity index (χ1) is 5.20. The van der Waals surface area contributed by atoms with Crippen LogP contribution in [0.25, 0.3) is 0 Å². The molecule has 64 valence electrons. The van der Waals surface area contributed by atoms with E-state index in [0.29, 0.717) is 0 Å². The lowest BCUT2D eigenvalue weighted by molar-refractivity contribution is 0.364. The summed E-state index contributed by atoms with van der Waals surface area (Å²) in [6.45, 7) is 7.29. The molecule has 0 aliphatic heterocycles. The van der Waals surface area contributed by atoms with Gasteiger partial charge >= 0.3 is 0 Å². The lowest BCUT2D eigenvalue weighted by Gasteiger charge is -2.13. The van der Waals surface area contributed by atoms with Gasteiger partial charge in [-0.1, -0.05) is 33.6 Å². The fourth-order valence-electron chi connectivity index (χ4n) is 3.56. The van der Waals surface area contributed by atoms with Crippen molar-refractivity contribution >= 4 is 0 Å². The summed E-state index contributed by atoms with van der Waals surface area (Å²) >= 11 is 0. The van der Waals surface area contributed by atoms with Gasteiger partial charge in [-0.05, 0) is 36.0 Å². The van der Waals surface area contributed by atoms with E-state index in [1.165, 1.54) is 25.7 Å². The molecule has 4 atom stereocenters. The zero-order chi connectivity index (χ0) is 8.06. The fourth-order valence-corrected chi connectivity index (χ4v) is 3.56. The molecule has 2 rings (SSSR count). The van der Waals surface area contributed by atoms with Crippen LogP contribution in [-0.2, 0) is 0 Å². The van der Waals surface area contributed by atoms with Crippen molar-refractivity contribution in [3.05, 3.63) is 0 Å². The standard InChI is InChI=1S/C11H20/c1-4-8(2)10-9-6-5-7-11(9,10)3/h8-10H,4-7H2,1-3H3. The first-order valence-electron chi connectivity index (χ1n) is 5.20. The summed E-state index contributed by atoms with van der Waals surface area (Å²) in [7, 11) is 0. The van der Waals surface area contributed by atoms with E-state index < -0.39 is 0 Å². The van der Waals surface area contributed by atoms with Crippen LogP contribution in [0.4, 0.5) is 0 Å². The average molecular weight is 152 g/mol. The molecule has 0 N–H and O–H groups in total. The molecule has 0 aromatic rings. The summed E-state index contributed by atoms with van der Waals surface area (Å²) < 4.78 is 0. The minimum Gasteiger partial charge on any atom is -0.0651 e. The number of rotatable bonds is 2. The molecule has 11 heavy (non-hydrogen) atoms. The van der Waals surface area contributed by atoms with Gasteiger partial charge in [-0.2, -0.15) is 0 Å². The average Bonchev–Trinajstić information content (AvgIpc) is 2.36. The molecule has 0 aromatic carbocycles. The third-order valence-electron chi connectivity index (χ3n) is 4.42. The quantitative estimate of drug-likeness (QED) is 0.568. The highest BCUT2D eigenvalue weighted by Crippen LogP contribution is 2.70. The second-order valence-corrected chi connectivity index (χ2v) is 4.92. The molecule has 4 unspecified atom stereocenters. The molecule has 0 heteroatoms. The predicted molar refractivity (Wildman–Crippen MR) is 48.4 cm³/mol. The maximum atomic E-state index is 2.52. The van der Waals surface area contributed by atoms with E-state index >= 15 is 0 Å². The normalized spacial score (nSPS) is 50.5. The SMILES string of the molecule is CCC(C)C1C2CCCC21C. The Morgan fingerprint density at radius 3 is 2.73 bits per heavy atom. The Balaban J connectivity index is 2.01. The molecule has 0 heterocycles. The van der Waals surface area contributed by atoms with Crippen LogP contribution < -0.4 is 0 Å². The smallest absolute Gasteiger partial charge is 0.0261 e. The van der Waals surface area contributed by atoms with E-state index in [2.05, 4.69) is 20.8 Å². The van der Waals surface area contributed by atoms with Crippen LogP contribution in [0.15, 0.2) is 0 Å². The van der Waals surface area contributed by atoms with Gasteiger partial charge in [0.2, 0.25) is 0 Å². The summed E-state index contributed by atoms with van der Waals surface area (Å²) in [6, 6.07) is 0. The van der Waals surface area contributed by atoms with Crippen molar-refractivity contribution < 1.29 is 0 Å². The zero-order valence-electron chi connectivity index (χ0n) is 8.06. The third-order valence-corrected chi connectivity index (χ3v) is 4.42. The van der Waals surface area contributed by atoms with Crippen LogP contribution in [0, 0.1) is 23.2 Å². The largest absolute Gasteiger partial charge is 0.0651 e. The van der Waals surface area contributed by atoms with E-state index in [1.807, 2.05) is 0 Å².